The summed E-state index contributed by atoms with van der Waals surface area (Å²) in [5.41, 5.74) is 10.7. The van der Waals surface area contributed by atoms with E-state index in [0.29, 0.717) is 5.25 Å². The molecule has 23 heavy (non-hydrogen) atoms. The van der Waals surface area contributed by atoms with Gasteiger partial charge in [0.15, 0.2) is 0 Å². The van der Waals surface area contributed by atoms with Gasteiger partial charge < -0.3 is 5.73 Å². The van der Waals surface area contributed by atoms with Crippen LogP contribution >= 0.6 is 11.8 Å². The number of thioether (sulfide) groups is 1. The van der Waals surface area contributed by atoms with E-state index in [1.807, 2.05) is 11.8 Å². The lowest BCUT2D eigenvalue weighted by Gasteiger charge is -2.24. The van der Waals surface area contributed by atoms with Crippen LogP contribution in [-0.4, -0.2) is 11.3 Å². The minimum atomic E-state index is 0.267. The molecule has 2 heteroatoms. The minimum absolute atomic E-state index is 0.267. The molecule has 0 fully saturated rings. The number of nitrogens with two attached hydrogens (primary N) is 1. The van der Waals surface area contributed by atoms with Crippen molar-refractivity contribution < 1.29 is 0 Å². The Morgan fingerprint density at radius 3 is 2.39 bits per heavy atom. The Balaban J connectivity index is 2.03. The molecular formula is C21H29NS. The molecule has 0 spiro atoms. The van der Waals surface area contributed by atoms with Crippen molar-refractivity contribution in [2.75, 3.05) is 0 Å². The molecule has 0 saturated carbocycles. The van der Waals surface area contributed by atoms with Crippen LogP contribution in [0.25, 0.3) is 0 Å². The molecule has 0 aromatic heterocycles. The number of benzene rings is 2. The number of unbranched alkanes of at least 4 members (excludes halogenated alkanes) is 1. The molecule has 124 valence electrons. The first-order valence-electron chi connectivity index (χ1n) is 8.66. The first-order chi connectivity index (χ1) is 11.2. The van der Waals surface area contributed by atoms with Gasteiger partial charge in [-0.05, 0) is 36.5 Å². The van der Waals surface area contributed by atoms with Crippen LogP contribution in [0, 0.1) is 6.92 Å². The standard InChI is InChI=1S/C21H29NS/c1-3-4-14-20(22)21(15-19-13-9-8-10-17(19)2)23-16-18-11-6-5-7-12-18/h5-13,20-21H,3-4,14-16,22H2,1-2H3/t20-,21+/m1/s1. The highest BCUT2D eigenvalue weighted by atomic mass is 32.2. The van der Waals surface area contributed by atoms with Crippen LogP contribution in [0.2, 0.25) is 0 Å². The van der Waals surface area contributed by atoms with E-state index in [0.717, 1.165) is 18.6 Å². The van der Waals surface area contributed by atoms with Crippen molar-refractivity contribution in [2.45, 2.75) is 56.6 Å². The molecule has 2 rings (SSSR count). The van der Waals surface area contributed by atoms with Crippen LogP contribution in [-0.2, 0) is 12.2 Å². The zero-order valence-electron chi connectivity index (χ0n) is 14.4. The van der Waals surface area contributed by atoms with Gasteiger partial charge >= 0.3 is 0 Å². The quantitative estimate of drug-likeness (QED) is 0.671. The maximum Gasteiger partial charge on any atom is 0.0242 e. The minimum Gasteiger partial charge on any atom is -0.327 e. The molecule has 2 N–H and O–H groups in total. The van der Waals surface area contributed by atoms with Crippen LogP contribution < -0.4 is 5.73 Å². The van der Waals surface area contributed by atoms with Gasteiger partial charge in [0.05, 0.1) is 0 Å². The number of hydrogen-bond acceptors (Lipinski definition) is 2. The third-order valence-corrected chi connectivity index (χ3v) is 5.80. The van der Waals surface area contributed by atoms with Crippen LogP contribution in [0.3, 0.4) is 0 Å². The van der Waals surface area contributed by atoms with Crippen molar-refractivity contribution in [2.24, 2.45) is 5.73 Å². The summed E-state index contributed by atoms with van der Waals surface area (Å²) in [6.45, 7) is 4.44. The van der Waals surface area contributed by atoms with E-state index < -0.39 is 0 Å². The Kier molecular flexibility index (Phi) is 7.70. The van der Waals surface area contributed by atoms with Gasteiger partial charge in [-0.25, -0.2) is 0 Å². The fourth-order valence-electron chi connectivity index (χ4n) is 2.79. The molecule has 0 radical (unpaired) electrons. The molecule has 2 atom stereocenters. The number of rotatable bonds is 9. The van der Waals surface area contributed by atoms with Crippen molar-refractivity contribution in [3.05, 3.63) is 71.3 Å². The van der Waals surface area contributed by atoms with Gasteiger partial charge in [-0.2, -0.15) is 11.8 Å². The lowest BCUT2D eigenvalue weighted by Crippen LogP contribution is -2.34. The Hall–Kier alpha value is -1.25. The number of aryl methyl sites for hydroxylation is 1. The molecular weight excluding hydrogens is 298 g/mol. The highest BCUT2D eigenvalue weighted by Gasteiger charge is 2.19. The summed E-state index contributed by atoms with van der Waals surface area (Å²) in [7, 11) is 0. The van der Waals surface area contributed by atoms with Crippen molar-refractivity contribution in [1.82, 2.24) is 0 Å². The third kappa shape index (κ3) is 6.04. The molecule has 0 aliphatic carbocycles. The summed E-state index contributed by atoms with van der Waals surface area (Å²) < 4.78 is 0. The van der Waals surface area contributed by atoms with Gasteiger partial charge in [-0.3, -0.25) is 0 Å². The van der Waals surface area contributed by atoms with Gasteiger partial charge in [-0.1, -0.05) is 74.4 Å². The second kappa shape index (κ2) is 9.79. The fourth-order valence-corrected chi connectivity index (χ4v) is 4.07. The van der Waals surface area contributed by atoms with Crippen molar-refractivity contribution in [1.29, 1.82) is 0 Å². The van der Waals surface area contributed by atoms with Gasteiger partial charge in [-0.15, -0.1) is 0 Å². The van der Waals surface area contributed by atoms with Gasteiger partial charge in [0.2, 0.25) is 0 Å². The summed E-state index contributed by atoms with van der Waals surface area (Å²) >= 11 is 2.01. The van der Waals surface area contributed by atoms with Crippen molar-refractivity contribution in [3.63, 3.8) is 0 Å². The second-order valence-corrected chi connectivity index (χ2v) is 7.50. The molecule has 0 saturated heterocycles. The molecule has 0 aliphatic heterocycles. The second-order valence-electron chi connectivity index (χ2n) is 6.27. The summed E-state index contributed by atoms with van der Waals surface area (Å²) in [6, 6.07) is 19.7. The van der Waals surface area contributed by atoms with E-state index in [9.17, 15) is 0 Å². The predicted molar refractivity (Wildman–Crippen MR) is 104 cm³/mol. The first-order valence-corrected chi connectivity index (χ1v) is 9.71. The number of hydrogen-bond donors (Lipinski definition) is 1. The summed E-state index contributed by atoms with van der Waals surface area (Å²) in [6.07, 6.45) is 4.62. The largest absolute Gasteiger partial charge is 0.327 e. The van der Waals surface area contributed by atoms with Crippen LogP contribution in [0.15, 0.2) is 54.6 Å². The van der Waals surface area contributed by atoms with E-state index in [1.165, 1.54) is 29.5 Å². The molecule has 0 heterocycles. The smallest absolute Gasteiger partial charge is 0.0242 e. The van der Waals surface area contributed by atoms with Crippen LogP contribution in [0.1, 0.15) is 42.9 Å². The lowest BCUT2D eigenvalue weighted by molar-refractivity contribution is 0.552. The highest BCUT2D eigenvalue weighted by molar-refractivity contribution is 7.99. The molecule has 2 aromatic rings. The van der Waals surface area contributed by atoms with Crippen LogP contribution in [0.5, 0.6) is 0 Å². The molecule has 2 aromatic carbocycles. The van der Waals surface area contributed by atoms with E-state index in [2.05, 4.69) is 68.4 Å². The SMILES string of the molecule is CCCC[C@@H](N)[C@H](Cc1ccccc1C)SCc1ccccc1. The van der Waals surface area contributed by atoms with E-state index in [4.69, 9.17) is 5.73 Å². The van der Waals surface area contributed by atoms with Crippen molar-refractivity contribution in [3.8, 4) is 0 Å². The Labute approximate surface area is 145 Å². The molecule has 0 unspecified atom stereocenters. The lowest BCUT2D eigenvalue weighted by atomic mass is 9.98. The van der Waals surface area contributed by atoms with Crippen LogP contribution in [0.4, 0.5) is 0 Å². The highest BCUT2D eigenvalue weighted by Crippen LogP contribution is 2.26. The first kappa shape index (κ1) is 18.1. The Morgan fingerprint density at radius 1 is 1.00 bits per heavy atom. The third-order valence-electron chi connectivity index (χ3n) is 4.36. The zero-order chi connectivity index (χ0) is 16.5. The maximum atomic E-state index is 6.55. The molecule has 0 bridgehead atoms. The molecule has 0 aliphatic rings. The molecule has 1 nitrogen and oxygen atoms in total. The fraction of sp³-hybridized carbons (Fsp3) is 0.429. The Bertz CT molecular complexity index is 567. The topological polar surface area (TPSA) is 26.0 Å². The summed E-state index contributed by atoms with van der Waals surface area (Å²) in [5, 5.41) is 0.475. The average Bonchev–Trinajstić information content (AvgIpc) is 2.59. The van der Waals surface area contributed by atoms with E-state index >= 15 is 0 Å². The van der Waals surface area contributed by atoms with Gasteiger partial charge in [0.1, 0.15) is 0 Å². The maximum absolute atomic E-state index is 6.55. The van der Waals surface area contributed by atoms with Gasteiger partial charge in [0.25, 0.3) is 0 Å². The predicted octanol–water partition coefficient (Wildman–Crippen LogP) is 5.36. The molecule has 0 amide bonds. The Morgan fingerprint density at radius 2 is 1.70 bits per heavy atom. The monoisotopic (exact) mass is 327 g/mol. The van der Waals surface area contributed by atoms with E-state index in [1.54, 1.807) is 0 Å². The summed E-state index contributed by atoms with van der Waals surface area (Å²) in [4.78, 5) is 0. The normalized spacial score (nSPS) is 13.7. The summed E-state index contributed by atoms with van der Waals surface area (Å²) in [5.74, 6) is 1.04. The zero-order valence-corrected chi connectivity index (χ0v) is 15.2. The van der Waals surface area contributed by atoms with E-state index in [-0.39, 0.29) is 6.04 Å². The van der Waals surface area contributed by atoms with Crippen molar-refractivity contribution >= 4 is 11.8 Å². The average molecular weight is 328 g/mol. The van der Waals surface area contributed by atoms with Gasteiger partial charge in [0, 0.05) is 17.0 Å².